The van der Waals surface area contributed by atoms with Crippen LogP contribution in [0.25, 0.3) is 10.1 Å². The summed E-state index contributed by atoms with van der Waals surface area (Å²) in [5, 5.41) is 0.829. The Kier molecular flexibility index (Phi) is 2.21. The van der Waals surface area contributed by atoms with E-state index in [0.717, 1.165) is 11.7 Å². The summed E-state index contributed by atoms with van der Waals surface area (Å²) >= 11 is 1.23. The molecule has 1 heterocycles. The number of ether oxygens (including phenoxy) is 1. The zero-order valence-corrected chi connectivity index (χ0v) is 8.23. The van der Waals surface area contributed by atoms with Gasteiger partial charge in [-0.3, -0.25) is 4.79 Å². The number of carbonyl (C=O) groups excluding carboxylic acids is 1. The number of hydrogen-bond acceptors (Lipinski definition) is 3. The van der Waals surface area contributed by atoms with Crippen molar-refractivity contribution < 1.29 is 13.9 Å². The van der Waals surface area contributed by atoms with E-state index in [1.807, 2.05) is 0 Å². The van der Waals surface area contributed by atoms with Crippen LogP contribution in [-0.4, -0.2) is 13.4 Å². The summed E-state index contributed by atoms with van der Waals surface area (Å²) in [4.78, 5) is 11.1. The number of rotatable bonds is 2. The maximum absolute atomic E-state index is 13.2. The second-order valence-corrected chi connectivity index (χ2v) is 3.85. The van der Waals surface area contributed by atoms with Gasteiger partial charge in [0.05, 0.1) is 16.7 Å². The summed E-state index contributed by atoms with van der Waals surface area (Å²) in [7, 11) is 1.41. The van der Waals surface area contributed by atoms with E-state index in [1.165, 1.54) is 24.5 Å². The Balaban J connectivity index is 2.79. The lowest BCUT2D eigenvalue weighted by Gasteiger charge is -2.01. The van der Waals surface area contributed by atoms with Gasteiger partial charge in [0.25, 0.3) is 0 Å². The Bertz CT molecular complexity index is 490. The fourth-order valence-corrected chi connectivity index (χ4v) is 2.31. The summed E-state index contributed by atoms with van der Waals surface area (Å²) in [6, 6.07) is 4.69. The van der Waals surface area contributed by atoms with E-state index in [9.17, 15) is 9.18 Å². The van der Waals surface area contributed by atoms with Gasteiger partial charge in [-0.25, -0.2) is 4.39 Å². The summed E-state index contributed by atoms with van der Waals surface area (Å²) in [5.74, 6) is -0.195. The Morgan fingerprint density at radius 1 is 1.50 bits per heavy atom. The van der Waals surface area contributed by atoms with E-state index in [0.29, 0.717) is 9.58 Å². The van der Waals surface area contributed by atoms with Gasteiger partial charge in [-0.2, -0.15) is 0 Å². The van der Waals surface area contributed by atoms with E-state index >= 15 is 0 Å². The van der Waals surface area contributed by atoms with Crippen molar-refractivity contribution in [2.24, 2.45) is 0 Å². The summed E-state index contributed by atoms with van der Waals surface area (Å²) in [5.41, 5.74) is 0. The molecule has 0 bridgehead atoms. The van der Waals surface area contributed by atoms with Crippen LogP contribution >= 0.6 is 11.3 Å². The molecule has 1 aromatic carbocycles. The van der Waals surface area contributed by atoms with E-state index in [-0.39, 0.29) is 5.75 Å². The fraction of sp³-hybridized carbons (Fsp3) is 0.100. The topological polar surface area (TPSA) is 26.3 Å². The fourth-order valence-electron chi connectivity index (χ4n) is 1.32. The number of halogens is 1. The van der Waals surface area contributed by atoms with Gasteiger partial charge in [0, 0.05) is 0 Å². The largest absolute Gasteiger partial charge is 0.492 e. The minimum absolute atomic E-state index is 0.209. The van der Waals surface area contributed by atoms with Crippen LogP contribution in [0, 0.1) is 5.82 Å². The predicted molar refractivity (Wildman–Crippen MR) is 53.7 cm³/mol. The maximum atomic E-state index is 13.2. The number of methoxy groups -OCH3 is 1. The number of fused-ring (bicyclic) bond motifs is 1. The Morgan fingerprint density at radius 3 is 2.93 bits per heavy atom. The minimum Gasteiger partial charge on any atom is -0.492 e. The van der Waals surface area contributed by atoms with Crippen LogP contribution in [0.1, 0.15) is 9.67 Å². The third kappa shape index (κ3) is 1.28. The molecule has 2 aromatic rings. The highest BCUT2D eigenvalue weighted by Crippen LogP contribution is 2.34. The number of hydrogen-bond donors (Lipinski definition) is 0. The minimum atomic E-state index is -0.403. The lowest BCUT2D eigenvalue weighted by molar-refractivity contribution is 0.112. The standard InChI is InChI=1S/C10H7FO2S/c1-13-9-8(11)3-2-6-4-7(5-12)14-10(6)9/h2-5H,1H3. The number of carbonyl (C=O) groups is 1. The third-order valence-corrected chi connectivity index (χ3v) is 3.01. The van der Waals surface area contributed by atoms with Crippen molar-refractivity contribution in [1.29, 1.82) is 0 Å². The van der Waals surface area contributed by atoms with Gasteiger partial charge in [0.1, 0.15) is 0 Å². The van der Waals surface area contributed by atoms with Crippen molar-refractivity contribution in [3.05, 3.63) is 28.9 Å². The lowest BCUT2D eigenvalue weighted by atomic mass is 10.2. The van der Waals surface area contributed by atoms with Crippen molar-refractivity contribution in [2.75, 3.05) is 7.11 Å². The molecule has 0 atom stereocenters. The van der Waals surface area contributed by atoms with Crippen molar-refractivity contribution in [3.8, 4) is 5.75 Å². The Morgan fingerprint density at radius 2 is 2.29 bits per heavy atom. The summed E-state index contributed by atoms with van der Waals surface area (Å²) in [6.07, 6.45) is 0.752. The molecule has 14 heavy (non-hydrogen) atoms. The molecule has 0 aliphatic rings. The monoisotopic (exact) mass is 210 g/mol. The molecule has 0 radical (unpaired) electrons. The second-order valence-electron chi connectivity index (χ2n) is 2.77. The van der Waals surface area contributed by atoms with Gasteiger partial charge >= 0.3 is 0 Å². The molecule has 0 amide bonds. The summed E-state index contributed by atoms with van der Waals surface area (Å²) < 4.78 is 18.8. The number of aldehydes is 1. The molecule has 0 saturated carbocycles. The van der Waals surface area contributed by atoms with Gasteiger partial charge in [0.15, 0.2) is 17.9 Å². The number of thiophene rings is 1. The zero-order valence-electron chi connectivity index (χ0n) is 7.41. The second kappa shape index (κ2) is 3.38. The average molecular weight is 210 g/mol. The first-order valence-corrected chi connectivity index (χ1v) is 4.79. The van der Waals surface area contributed by atoms with E-state index < -0.39 is 5.82 Å². The van der Waals surface area contributed by atoms with Crippen LogP contribution in [0.3, 0.4) is 0 Å². The molecule has 2 rings (SSSR count). The SMILES string of the molecule is COc1c(F)ccc2cc(C=O)sc12. The quantitative estimate of drug-likeness (QED) is 0.712. The van der Waals surface area contributed by atoms with Crippen molar-refractivity contribution in [1.82, 2.24) is 0 Å². The van der Waals surface area contributed by atoms with Crippen LogP contribution in [-0.2, 0) is 0 Å². The molecule has 0 unspecified atom stereocenters. The van der Waals surface area contributed by atoms with Gasteiger partial charge < -0.3 is 4.74 Å². The Hall–Kier alpha value is -1.42. The smallest absolute Gasteiger partial charge is 0.172 e. The highest BCUT2D eigenvalue weighted by Gasteiger charge is 2.10. The molecule has 0 N–H and O–H groups in total. The normalized spacial score (nSPS) is 10.4. The van der Waals surface area contributed by atoms with Gasteiger partial charge in [0.2, 0.25) is 0 Å². The van der Waals surface area contributed by atoms with Gasteiger partial charge in [-0.1, -0.05) is 6.07 Å². The lowest BCUT2D eigenvalue weighted by Crippen LogP contribution is -1.86. The Labute approximate surface area is 83.9 Å². The summed E-state index contributed by atoms with van der Waals surface area (Å²) in [6.45, 7) is 0. The van der Waals surface area contributed by atoms with Crippen molar-refractivity contribution in [3.63, 3.8) is 0 Å². The first-order valence-electron chi connectivity index (χ1n) is 3.97. The highest BCUT2D eigenvalue weighted by atomic mass is 32.1. The predicted octanol–water partition coefficient (Wildman–Crippen LogP) is 2.86. The first-order chi connectivity index (χ1) is 6.76. The van der Waals surface area contributed by atoms with E-state index in [2.05, 4.69) is 0 Å². The molecule has 2 nitrogen and oxygen atoms in total. The van der Waals surface area contributed by atoms with E-state index in [1.54, 1.807) is 12.1 Å². The van der Waals surface area contributed by atoms with Crippen molar-refractivity contribution in [2.45, 2.75) is 0 Å². The first kappa shape index (κ1) is 9.15. The van der Waals surface area contributed by atoms with Crippen LogP contribution in [0.15, 0.2) is 18.2 Å². The molecule has 1 aromatic heterocycles. The molecule has 0 fully saturated rings. The third-order valence-electron chi connectivity index (χ3n) is 1.93. The molecule has 0 spiro atoms. The molecular weight excluding hydrogens is 203 g/mol. The van der Waals surface area contributed by atoms with Crippen LogP contribution in [0.5, 0.6) is 5.75 Å². The van der Waals surface area contributed by atoms with E-state index in [4.69, 9.17) is 4.74 Å². The zero-order chi connectivity index (χ0) is 10.1. The molecule has 0 aliphatic heterocycles. The van der Waals surface area contributed by atoms with Crippen molar-refractivity contribution >= 4 is 27.7 Å². The number of benzene rings is 1. The molecular formula is C10H7FO2S. The van der Waals surface area contributed by atoms with Crippen LogP contribution in [0.4, 0.5) is 4.39 Å². The van der Waals surface area contributed by atoms with Gasteiger partial charge in [-0.05, 0) is 17.5 Å². The van der Waals surface area contributed by atoms with Crippen LogP contribution in [0.2, 0.25) is 0 Å². The van der Waals surface area contributed by atoms with Crippen LogP contribution < -0.4 is 4.74 Å². The maximum Gasteiger partial charge on any atom is 0.172 e. The molecule has 72 valence electrons. The average Bonchev–Trinajstić information content (AvgIpc) is 2.60. The molecule has 4 heteroatoms. The molecule has 0 saturated heterocycles. The molecule has 0 aliphatic carbocycles. The van der Waals surface area contributed by atoms with Gasteiger partial charge in [-0.15, -0.1) is 11.3 Å². The highest BCUT2D eigenvalue weighted by molar-refractivity contribution is 7.20.